The van der Waals surface area contributed by atoms with Crippen molar-refractivity contribution in [3.63, 3.8) is 0 Å². The Hall–Kier alpha value is -0.370. The summed E-state index contributed by atoms with van der Waals surface area (Å²) in [6.07, 6.45) is 8.44. The molecular weight excluding hydrogens is 282 g/mol. The first-order valence-electron chi connectivity index (χ1n) is 10.2. The summed E-state index contributed by atoms with van der Waals surface area (Å²) in [5, 5.41) is 0. The summed E-state index contributed by atoms with van der Waals surface area (Å²) in [5.41, 5.74) is 0. The van der Waals surface area contributed by atoms with Gasteiger partial charge in [-0.3, -0.25) is 4.79 Å². The Morgan fingerprint density at radius 3 is 1.87 bits per heavy atom. The van der Waals surface area contributed by atoms with Crippen molar-refractivity contribution in [3.05, 3.63) is 0 Å². The monoisotopic (exact) mass is 327 g/mol. The van der Waals surface area contributed by atoms with Crippen LogP contribution < -0.4 is 0 Å². The Labute approximate surface area is 147 Å². The highest BCUT2D eigenvalue weighted by Gasteiger charge is 2.27. The molecule has 1 unspecified atom stereocenters. The second-order valence-electron chi connectivity index (χ2n) is 6.73. The highest BCUT2D eigenvalue weighted by molar-refractivity contribution is 5.83. The Balaban J connectivity index is 0. The Kier molecular flexibility index (Phi) is 17.8. The first kappa shape index (κ1) is 24.9. The maximum absolute atomic E-state index is 11.9. The summed E-state index contributed by atoms with van der Waals surface area (Å²) in [6.45, 7) is 17.2. The number of carbonyl (C=O) groups excluding carboxylic acids is 1. The molecule has 1 fully saturated rings. The van der Waals surface area contributed by atoms with Crippen molar-refractivity contribution in [1.29, 1.82) is 0 Å². The summed E-state index contributed by atoms with van der Waals surface area (Å²) in [7, 11) is 2.14. The van der Waals surface area contributed by atoms with E-state index in [1.807, 2.05) is 13.8 Å². The van der Waals surface area contributed by atoms with Gasteiger partial charge in [0.05, 0.1) is 0 Å². The topological polar surface area (TPSA) is 20.3 Å². The molecule has 1 saturated carbocycles. The van der Waals surface area contributed by atoms with Crippen LogP contribution in [0.5, 0.6) is 0 Å². The van der Waals surface area contributed by atoms with Gasteiger partial charge in [-0.1, -0.05) is 54.9 Å². The van der Waals surface area contributed by atoms with Gasteiger partial charge in [-0.05, 0) is 64.6 Å². The maximum atomic E-state index is 11.9. The van der Waals surface area contributed by atoms with E-state index >= 15 is 0 Å². The minimum atomic E-state index is 0.290. The zero-order valence-electron chi connectivity index (χ0n) is 17.5. The van der Waals surface area contributed by atoms with E-state index in [0.29, 0.717) is 11.7 Å². The van der Waals surface area contributed by atoms with Crippen LogP contribution in [0, 0.1) is 17.8 Å². The molecule has 0 amide bonds. The second-order valence-corrected chi connectivity index (χ2v) is 6.73. The molecule has 2 nitrogen and oxygen atoms in total. The molecule has 0 aromatic carbocycles. The van der Waals surface area contributed by atoms with Gasteiger partial charge in [0, 0.05) is 11.8 Å². The largest absolute Gasteiger partial charge is 0.307 e. The Bertz CT molecular complexity index is 257. The quantitative estimate of drug-likeness (QED) is 0.555. The molecule has 0 N–H and O–H groups in total. The third-order valence-electron chi connectivity index (χ3n) is 5.07. The standard InChI is InChI=1S/C13H24O.C6H15N.C2H6/c1-4-10(3)13(14)12-8-6-11(5-2)7-9-12;1-4-6-7(3)5-2;1-2/h10-12H,4-9H2,1-3H3;4-6H2,1-3H3;1-2H3. The van der Waals surface area contributed by atoms with Gasteiger partial charge in [-0.25, -0.2) is 0 Å². The van der Waals surface area contributed by atoms with Crippen molar-refractivity contribution in [3.8, 4) is 0 Å². The van der Waals surface area contributed by atoms with Gasteiger partial charge in [0.15, 0.2) is 0 Å². The summed E-state index contributed by atoms with van der Waals surface area (Å²) < 4.78 is 0. The van der Waals surface area contributed by atoms with E-state index < -0.39 is 0 Å². The minimum Gasteiger partial charge on any atom is -0.307 e. The van der Waals surface area contributed by atoms with Gasteiger partial charge in [-0.15, -0.1) is 0 Å². The van der Waals surface area contributed by atoms with Crippen LogP contribution in [0.15, 0.2) is 0 Å². The van der Waals surface area contributed by atoms with Gasteiger partial charge in [0.2, 0.25) is 0 Å². The molecule has 0 bridgehead atoms. The summed E-state index contributed by atoms with van der Waals surface area (Å²) in [5.74, 6) is 2.11. The van der Waals surface area contributed by atoms with Crippen molar-refractivity contribution < 1.29 is 4.79 Å². The smallest absolute Gasteiger partial charge is 0.138 e. The van der Waals surface area contributed by atoms with E-state index in [-0.39, 0.29) is 5.92 Å². The van der Waals surface area contributed by atoms with Crippen LogP contribution >= 0.6 is 0 Å². The van der Waals surface area contributed by atoms with Gasteiger partial charge >= 0.3 is 0 Å². The molecule has 0 aromatic heterocycles. The first-order chi connectivity index (χ1) is 11.0. The lowest BCUT2D eigenvalue weighted by Crippen LogP contribution is -2.25. The van der Waals surface area contributed by atoms with Gasteiger partial charge in [-0.2, -0.15) is 0 Å². The predicted molar refractivity (Wildman–Crippen MR) is 105 cm³/mol. The maximum Gasteiger partial charge on any atom is 0.138 e. The lowest BCUT2D eigenvalue weighted by Gasteiger charge is -2.28. The van der Waals surface area contributed by atoms with Crippen LogP contribution in [-0.2, 0) is 4.79 Å². The van der Waals surface area contributed by atoms with Crippen LogP contribution in [0.3, 0.4) is 0 Å². The molecule has 1 aliphatic carbocycles. The molecule has 0 spiro atoms. The average molecular weight is 328 g/mol. The third kappa shape index (κ3) is 11.8. The van der Waals surface area contributed by atoms with Crippen LogP contribution in [0.4, 0.5) is 0 Å². The molecule has 1 atom stereocenters. The second kappa shape index (κ2) is 16.5. The fraction of sp³-hybridized carbons (Fsp3) is 0.952. The molecule has 2 heteroatoms. The van der Waals surface area contributed by atoms with Crippen molar-refractivity contribution in [1.82, 2.24) is 4.90 Å². The van der Waals surface area contributed by atoms with Crippen molar-refractivity contribution >= 4 is 5.78 Å². The molecule has 0 aliphatic heterocycles. The average Bonchev–Trinajstić information content (AvgIpc) is 2.62. The van der Waals surface area contributed by atoms with E-state index in [9.17, 15) is 4.79 Å². The van der Waals surface area contributed by atoms with Gasteiger partial charge < -0.3 is 4.90 Å². The highest BCUT2D eigenvalue weighted by Crippen LogP contribution is 2.32. The van der Waals surface area contributed by atoms with Crippen LogP contribution in [0.2, 0.25) is 0 Å². The van der Waals surface area contributed by atoms with Crippen LogP contribution in [0.1, 0.15) is 93.4 Å². The molecule has 1 rings (SSSR count). The molecule has 0 radical (unpaired) electrons. The number of hydrogen-bond donors (Lipinski definition) is 0. The SMILES string of the molecule is CC.CCC1CCC(C(=O)C(C)CC)CC1.CCCN(C)CC. The third-order valence-corrected chi connectivity index (χ3v) is 5.07. The number of Topliss-reactive ketones (excluding diaryl/α,β-unsaturated/α-hetero) is 1. The normalized spacial score (nSPS) is 21.6. The van der Waals surface area contributed by atoms with E-state index in [2.05, 4.69) is 46.6 Å². The van der Waals surface area contributed by atoms with Crippen molar-refractivity contribution in [2.45, 2.75) is 93.4 Å². The lowest BCUT2D eigenvalue weighted by molar-refractivity contribution is -0.127. The molecular formula is C21H45NO. The number of rotatable bonds is 7. The molecule has 1 aliphatic rings. The van der Waals surface area contributed by atoms with E-state index in [4.69, 9.17) is 0 Å². The molecule has 140 valence electrons. The first-order valence-corrected chi connectivity index (χ1v) is 10.2. The molecule has 0 saturated heterocycles. The van der Waals surface area contributed by atoms with E-state index in [0.717, 1.165) is 25.2 Å². The van der Waals surface area contributed by atoms with E-state index in [1.54, 1.807) is 0 Å². The number of ketones is 1. The fourth-order valence-electron chi connectivity index (χ4n) is 3.00. The highest BCUT2D eigenvalue weighted by atomic mass is 16.1. The molecule has 0 aromatic rings. The van der Waals surface area contributed by atoms with Crippen LogP contribution in [0.25, 0.3) is 0 Å². The Morgan fingerprint density at radius 2 is 1.57 bits per heavy atom. The molecule has 0 heterocycles. The number of nitrogens with zero attached hydrogens (tertiary/aromatic N) is 1. The van der Waals surface area contributed by atoms with E-state index in [1.165, 1.54) is 38.8 Å². The zero-order chi connectivity index (χ0) is 18.3. The Morgan fingerprint density at radius 1 is 1.04 bits per heavy atom. The van der Waals surface area contributed by atoms with Gasteiger partial charge in [0.1, 0.15) is 5.78 Å². The molecule has 23 heavy (non-hydrogen) atoms. The number of carbonyl (C=O) groups is 1. The summed E-state index contributed by atoms with van der Waals surface area (Å²) in [4.78, 5) is 14.2. The lowest BCUT2D eigenvalue weighted by atomic mass is 9.76. The number of hydrogen-bond acceptors (Lipinski definition) is 2. The fourth-order valence-corrected chi connectivity index (χ4v) is 3.00. The minimum absolute atomic E-state index is 0.290. The van der Waals surface area contributed by atoms with Gasteiger partial charge in [0.25, 0.3) is 0 Å². The zero-order valence-corrected chi connectivity index (χ0v) is 17.5. The van der Waals surface area contributed by atoms with Crippen LogP contribution in [-0.4, -0.2) is 30.8 Å². The summed E-state index contributed by atoms with van der Waals surface area (Å²) in [6, 6.07) is 0. The van der Waals surface area contributed by atoms with Crippen molar-refractivity contribution in [2.24, 2.45) is 17.8 Å². The summed E-state index contributed by atoms with van der Waals surface area (Å²) >= 11 is 0. The van der Waals surface area contributed by atoms with Crippen molar-refractivity contribution in [2.75, 3.05) is 20.1 Å². The predicted octanol–water partition coefficient (Wildman–Crippen LogP) is 6.19.